The topological polar surface area (TPSA) is 75.0 Å². The minimum atomic E-state index is -0.772. The van der Waals surface area contributed by atoms with E-state index in [1.807, 2.05) is 61.1 Å². The van der Waals surface area contributed by atoms with E-state index >= 15 is 0 Å². The van der Waals surface area contributed by atoms with Crippen LogP contribution in [-0.4, -0.2) is 65.5 Å². The maximum atomic E-state index is 13.3. The highest BCUT2D eigenvalue weighted by Gasteiger charge is 2.47. The minimum absolute atomic E-state index is 0.00240. The van der Waals surface area contributed by atoms with Crippen LogP contribution in [0.4, 0.5) is 0 Å². The van der Waals surface area contributed by atoms with Crippen LogP contribution in [0, 0.1) is 0 Å². The van der Waals surface area contributed by atoms with Crippen molar-refractivity contribution in [3.63, 3.8) is 0 Å². The number of aromatic nitrogens is 1. The number of rotatable bonds is 6. The molecule has 1 amide bonds. The molecule has 9 heteroatoms. The molecule has 2 aromatic carbocycles. The molecule has 1 unspecified atom stereocenters. The van der Waals surface area contributed by atoms with Crippen molar-refractivity contribution in [2.24, 2.45) is 7.05 Å². The summed E-state index contributed by atoms with van der Waals surface area (Å²) in [5.41, 5.74) is 1.93. The normalized spacial score (nSPS) is 17.9. The second-order valence-electron chi connectivity index (χ2n) is 8.48. The van der Waals surface area contributed by atoms with Crippen molar-refractivity contribution in [3.05, 3.63) is 69.3 Å². The number of halogens is 2. The first-order chi connectivity index (χ1) is 16.1. The molecule has 2 heterocycles. The second kappa shape index (κ2) is 9.33. The van der Waals surface area contributed by atoms with Gasteiger partial charge in [0.1, 0.15) is 5.76 Å². The Morgan fingerprint density at radius 2 is 1.79 bits per heavy atom. The SMILES string of the molecule is COc1c(Cl)cc(/C(O)=C2\C(=O)C(=O)N(CCN(C)C)C2c2cn(C)c3ccccc23)cc1Cl. The first-order valence-electron chi connectivity index (χ1n) is 10.7. The van der Waals surface area contributed by atoms with Crippen LogP contribution in [0.1, 0.15) is 17.2 Å². The van der Waals surface area contributed by atoms with Crippen LogP contribution >= 0.6 is 23.2 Å². The van der Waals surface area contributed by atoms with Crippen LogP contribution in [0.25, 0.3) is 16.7 Å². The molecular formula is C25H25Cl2N3O4. The van der Waals surface area contributed by atoms with Crippen LogP contribution in [0.5, 0.6) is 5.75 Å². The smallest absolute Gasteiger partial charge is 0.295 e. The molecule has 0 bridgehead atoms. The average Bonchev–Trinajstić information content (AvgIpc) is 3.25. The van der Waals surface area contributed by atoms with Crippen molar-refractivity contribution >= 4 is 51.6 Å². The Balaban J connectivity index is 1.96. The average molecular weight is 502 g/mol. The van der Waals surface area contributed by atoms with Gasteiger partial charge in [-0.1, -0.05) is 41.4 Å². The van der Waals surface area contributed by atoms with E-state index in [0.29, 0.717) is 13.1 Å². The van der Waals surface area contributed by atoms with Gasteiger partial charge >= 0.3 is 0 Å². The summed E-state index contributed by atoms with van der Waals surface area (Å²) in [5, 5.41) is 12.6. The summed E-state index contributed by atoms with van der Waals surface area (Å²) >= 11 is 12.6. The van der Waals surface area contributed by atoms with Crippen molar-refractivity contribution in [1.29, 1.82) is 0 Å². The minimum Gasteiger partial charge on any atom is -0.507 e. The summed E-state index contributed by atoms with van der Waals surface area (Å²) in [6.07, 6.45) is 1.89. The summed E-state index contributed by atoms with van der Waals surface area (Å²) in [7, 11) is 7.13. The van der Waals surface area contributed by atoms with E-state index < -0.39 is 17.7 Å². The van der Waals surface area contributed by atoms with E-state index in [1.165, 1.54) is 24.1 Å². The molecule has 0 radical (unpaired) electrons. The fourth-order valence-electron chi connectivity index (χ4n) is 4.38. The van der Waals surface area contributed by atoms with Crippen molar-refractivity contribution in [3.8, 4) is 5.75 Å². The molecule has 34 heavy (non-hydrogen) atoms. The Morgan fingerprint density at radius 1 is 1.15 bits per heavy atom. The maximum absolute atomic E-state index is 13.3. The molecule has 1 saturated heterocycles. The van der Waals surface area contributed by atoms with Crippen LogP contribution in [0.2, 0.25) is 10.0 Å². The Morgan fingerprint density at radius 3 is 2.41 bits per heavy atom. The number of carbonyl (C=O) groups is 2. The van der Waals surface area contributed by atoms with Crippen molar-refractivity contribution in [1.82, 2.24) is 14.4 Å². The maximum Gasteiger partial charge on any atom is 0.295 e. The first-order valence-corrected chi connectivity index (χ1v) is 11.4. The number of likely N-dealkylation sites (tertiary alicyclic amines) is 1. The van der Waals surface area contributed by atoms with Crippen molar-refractivity contribution in [2.75, 3.05) is 34.3 Å². The van der Waals surface area contributed by atoms with Crippen LogP contribution in [0.3, 0.4) is 0 Å². The number of Topliss-reactive ketones (excluding diaryl/α,β-unsaturated/α-hetero) is 1. The summed E-state index contributed by atoms with van der Waals surface area (Å²) in [5.74, 6) is -1.49. The fourth-order valence-corrected chi connectivity index (χ4v) is 5.02. The molecule has 1 N–H and O–H groups in total. The van der Waals surface area contributed by atoms with E-state index in [4.69, 9.17) is 27.9 Å². The lowest BCUT2D eigenvalue weighted by Gasteiger charge is -2.26. The predicted molar refractivity (Wildman–Crippen MR) is 133 cm³/mol. The van der Waals surface area contributed by atoms with Crippen LogP contribution in [0.15, 0.2) is 48.2 Å². The number of nitrogens with zero attached hydrogens (tertiary/aromatic N) is 3. The summed E-state index contributed by atoms with van der Waals surface area (Å²) in [6.45, 7) is 0.862. The lowest BCUT2D eigenvalue weighted by atomic mass is 9.95. The van der Waals surface area contributed by atoms with E-state index in [-0.39, 0.29) is 32.7 Å². The number of hydrogen-bond acceptors (Lipinski definition) is 5. The van der Waals surface area contributed by atoms with Crippen molar-refractivity contribution in [2.45, 2.75) is 6.04 Å². The highest BCUT2D eigenvalue weighted by atomic mass is 35.5. The molecular weight excluding hydrogens is 477 g/mol. The molecule has 1 atom stereocenters. The molecule has 3 aromatic rings. The number of fused-ring (bicyclic) bond motifs is 1. The van der Waals surface area contributed by atoms with Gasteiger partial charge in [0, 0.05) is 48.4 Å². The number of likely N-dealkylation sites (N-methyl/N-ethyl adjacent to an activating group) is 1. The van der Waals surface area contributed by atoms with Gasteiger partial charge in [-0.3, -0.25) is 9.59 Å². The molecule has 178 valence electrons. The van der Waals surface area contributed by atoms with Gasteiger partial charge in [0.05, 0.1) is 28.8 Å². The van der Waals surface area contributed by atoms with Gasteiger partial charge in [-0.15, -0.1) is 0 Å². The number of aliphatic hydroxyl groups excluding tert-OH is 1. The number of ether oxygens (including phenoxy) is 1. The highest BCUT2D eigenvalue weighted by molar-refractivity contribution is 6.47. The first kappa shape index (κ1) is 24.1. The molecule has 1 aromatic heterocycles. The number of hydrogen-bond donors (Lipinski definition) is 1. The zero-order valence-electron chi connectivity index (χ0n) is 19.3. The number of aliphatic hydroxyl groups is 1. The molecule has 1 aliphatic rings. The third-order valence-electron chi connectivity index (χ3n) is 6.03. The molecule has 7 nitrogen and oxygen atoms in total. The molecule has 1 aliphatic heterocycles. The van der Waals surface area contributed by atoms with Gasteiger partial charge in [0.15, 0.2) is 5.75 Å². The zero-order valence-corrected chi connectivity index (χ0v) is 20.8. The van der Waals surface area contributed by atoms with Crippen LogP contribution < -0.4 is 4.74 Å². The number of carbonyl (C=O) groups excluding carboxylic acids is 2. The zero-order chi connectivity index (χ0) is 24.7. The number of amides is 1. The number of methoxy groups -OCH3 is 1. The van der Waals surface area contributed by atoms with Gasteiger partial charge in [-0.2, -0.15) is 0 Å². The van der Waals surface area contributed by atoms with Gasteiger partial charge < -0.3 is 24.2 Å². The Kier molecular flexibility index (Phi) is 6.62. The largest absolute Gasteiger partial charge is 0.507 e. The number of ketones is 1. The van der Waals surface area contributed by atoms with Gasteiger partial charge in [-0.05, 0) is 32.3 Å². The van der Waals surface area contributed by atoms with E-state index in [1.54, 1.807) is 0 Å². The number of aryl methyl sites for hydroxylation is 1. The molecule has 0 saturated carbocycles. The summed E-state index contributed by atoms with van der Waals surface area (Å²) in [4.78, 5) is 29.9. The Hall–Kier alpha value is -3.00. The van der Waals surface area contributed by atoms with Gasteiger partial charge in [0.25, 0.3) is 11.7 Å². The lowest BCUT2D eigenvalue weighted by molar-refractivity contribution is -0.140. The third kappa shape index (κ3) is 4.04. The summed E-state index contributed by atoms with van der Waals surface area (Å²) < 4.78 is 7.13. The number of para-hydroxylation sites is 1. The predicted octanol–water partition coefficient (Wildman–Crippen LogP) is 4.48. The molecule has 0 spiro atoms. The molecule has 4 rings (SSSR count). The quantitative estimate of drug-likeness (QED) is 0.306. The highest BCUT2D eigenvalue weighted by Crippen LogP contribution is 2.43. The van der Waals surface area contributed by atoms with Gasteiger partial charge in [-0.25, -0.2) is 0 Å². The van der Waals surface area contributed by atoms with Crippen molar-refractivity contribution < 1.29 is 19.4 Å². The van der Waals surface area contributed by atoms with E-state index in [9.17, 15) is 14.7 Å². The third-order valence-corrected chi connectivity index (χ3v) is 6.59. The van der Waals surface area contributed by atoms with E-state index in [0.717, 1.165) is 16.5 Å². The molecule has 0 aliphatic carbocycles. The monoisotopic (exact) mass is 501 g/mol. The standard InChI is InChI=1S/C25H25Cl2N3O4/c1-28(2)9-10-30-21(16-13-29(3)19-8-6-5-7-15(16)19)20(23(32)25(30)33)22(31)14-11-17(26)24(34-4)18(27)12-14/h5-8,11-13,21,31H,9-10H2,1-4H3/b22-20+. The second-order valence-corrected chi connectivity index (χ2v) is 9.30. The van der Waals surface area contributed by atoms with Gasteiger partial charge in [0.2, 0.25) is 0 Å². The summed E-state index contributed by atoms with van der Waals surface area (Å²) in [6, 6.07) is 9.90. The van der Waals surface area contributed by atoms with Crippen LogP contribution in [-0.2, 0) is 16.6 Å². The lowest BCUT2D eigenvalue weighted by Crippen LogP contribution is -2.35. The Labute approximate surface area is 207 Å². The van der Waals surface area contributed by atoms with E-state index in [2.05, 4.69) is 0 Å². The Bertz CT molecular complexity index is 1310. The number of benzene rings is 2. The molecule has 1 fully saturated rings. The fraction of sp³-hybridized carbons (Fsp3) is 0.280.